The minimum absolute atomic E-state index is 0.0775. The van der Waals surface area contributed by atoms with Crippen molar-refractivity contribution in [3.8, 4) is 0 Å². The molecular weight excluding hydrogens is 769 g/mol. The molecule has 362 valence electrons. The monoisotopic (exact) mass is 871 g/mol. The molecule has 0 aromatic heterocycles. The third-order valence-electron chi connectivity index (χ3n) is 11.9. The summed E-state index contributed by atoms with van der Waals surface area (Å²) in [4.78, 5) is 37.9. The molecule has 0 radical (unpaired) electrons. The fourth-order valence-electron chi connectivity index (χ4n) is 7.77. The van der Waals surface area contributed by atoms with Crippen LogP contribution in [0.3, 0.4) is 0 Å². The number of esters is 3. The highest BCUT2D eigenvalue weighted by Gasteiger charge is 2.19. The smallest absolute Gasteiger partial charge is 0.306 e. The first-order valence-electron chi connectivity index (χ1n) is 27.0. The summed E-state index contributed by atoms with van der Waals surface area (Å²) < 4.78 is 16.8. The number of ether oxygens (including phenoxy) is 3. The van der Waals surface area contributed by atoms with E-state index < -0.39 is 6.10 Å². The molecule has 6 nitrogen and oxygen atoms in total. The van der Waals surface area contributed by atoms with E-state index in [4.69, 9.17) is 14.2 Å². The number of carbonyl (C=O) groups excluding carboxylic acids is 3. The molecule has 0 fully saturated rings. The maximum Gasteiger partial charge on any atom is 0.306 e. The second kappa shape index (κ2) is 51.3. The lowest BCUT2D eigenvalue weighted by Crippen LogP contribution is -2.30. The Morgan fingerprint density at radius 1 is 0.323 bits per heavy atom. The first-order valence-corrected chi connectivity index (χ1v) is 27.0. The van der Waals surface area contributed by atoms with Crippen molar-refractivity contribution in [3.05, 3.63) is 36.5 Å². The summed E-state index contributed by atoms with van der Waals surface area (Å²) in [5.74, 6) is -0.892. The summed E-state index contributed by atoms with van der Waals surface area (Å²) in [5, 5.41) is 0. The van der Waals surface area contributed by atoms with E-state index in [0.29, 0.717) is 19.3 Å². The van der Waals surface area contributed by atoms with Crippen LogP contribution < -0.4 is 0 Å². The number of hydrogen-bond acceptors (Lipinski definition) is 6. The lowest BCUT2D eigenvalue weighted by Gasteiger charge is -2.18. The van der Waals surface area contributed by atoms with E-state index in [2.05, 4.69) is 57.2 Å². The Morgan fingerprint density at radius 2 is 0.597 bits per heavy atom. The molecule has 1 atom stereocenters. The Bertz CT molecular complexity index is 1050. The fourth-order valence-corrected chi connectivity index (χ4v) is 7.77. The molecule has 1 unspecified atom stereocenters. The predicted octanol–water partition coefficient (Wildman–Crippen LogP) is 17.7. The lowest BCUT2D eigenvalue weighted by molar-refractivity contribution is -0.167. The summed E-state index contributed by atoms with van der Waals surface area (Å²) in [5.41, 5.74) is 0. The Kier molecular flexibility index (Phi) is 49.3. The zero-order valence-corrected chi connectivity index (χ0v) is 41.4. The van der Waals surface area contributed by atoms with E-state index in [1.165, 1.54) is 161 Å². The predicted molar refractivity (Wildman–Crippen MR) is 266 cm³/mol. The highest BCUT2D eigenvalue weighted by atomic mass is 16.6. The van der Waals surface area contributed by atoms with Crippen LogP contribution in [-0.4, -0.2) is 37.2 Å². The van der Waals surface area contributed by atoms with Gasteiger partial charge in [0.05, 0.1) is 0 Å². The molecule has 0 spiro atoms. The van der Waals surface area contributed by atoms with Crippen molar-refractivity contribution in [1.29, 1.82) is 0 Å². The van der Waals surface area contributed by atoms with Gasteiger partial charge < -0.3 is 14.2 Å². The quantitative estimate of drug-likeness (QED) is 0.0199. The fraction of sp³-hybridized carbons (Fsp3) is 0.839. The minimum atomic E-state index is -0.778. The second-order valence-electron chi connectivity index (χ2n) is 18.2. The molecule has 0 saturated heterocycles. The molecule has 0 bridgehead atoms. The normalized spacial score (nSPS) is 12.2. The lowest BCUT2D eigenvalue weighted by atomic mass is 10.0. The molecule has 0 aliphatic heterocycles. The molecule has 62 heavy (non-hydrogen) atoms. The van der Waals surface area contributed by atoms with Crippen LogP contribution in [0.15, 0.2) is 36.5 Å². The Morgan fingerprint density at radius 3 is 0.984 bits per heavy atom. The molecule has 0 heterocycles. The van der Waals surface area contributed by atoms with Gasteiger partial charge in [0.25, 0.3) is 0 Å². The van der Waals surface area contributed by atoms with Gasteiger partial charge >= 0.3 is 17.9 Å². The van der Waals surface area contributed by atoms with Crippen LogP contribution in [-0.2, 0) is 28.6 Å². The standard InChI is InChI=1S/C56H102O6/c1-4-7-10-13-16-19-22-24-26-27-28-29-31-32-34-37-40-43-46-49-55(58)61-52-53(51-60-54(57)48-45-42-39-36-21-18-15-12-9-6-3)62-56(59)50-47-44-41-38-35-33-30-25-23-20-17-14-11-8-5-2/h15,17-18,20,23,25,53H,4-14,16,19,21-22,24,26-52H2,1-3H3/b18-15-,20-17-,25-23-. The van der Waals surface area contributed by atoms with Gasteiger partial charge in [0, 0.05) is 19.3 Å². The van der Waals surface area contributed by atoms with Crippen molar-refractivity contribution in [3.63, 3.8) is 0 Å². The van der Waals surface area contributed by atoms with Crippen LogP contribution in [0.5, 0.6) is 0 Å². The molecule has 0 saturated carbocycles. The zero-order valence-electron chi connectivity index (χ0n) is 41.4. The maximum atomic E-state index is 12.8. The van der Waals surface area contributed by atoms with Crippen molar-refractivity contribution >= 4 is 17.9 Å². The van der Waals surface area contributed by atoms with E-state index in [0.717, 1.165) is 83.5 Å². The third-order valence-corrected chi connectivity index (χ3v) is 11.9. The Balaban J connectivity index is 4.29. The van der Waals surface area contributed by atoms with Crippen LogP contribution in [0.4, 0.5) is 0 Å². The summed E-state index contributed by atoms with van der Waals surface area (Å²) >= 11 is 0. The summed E-state index contributed by atoms with van der Waals surface area (Å²) in [6, 6.07) is 0. The molecule has 0 aliphatic carbocycles. The summed E-state index contributed by atoms with van der Waals surface area (Å²) in [6.45, 7) is 6.57. The number of carbonyl (C=O) groups is 3. The molecule has 0 N–H and O–H groups in total. The molecule has 0 aromatic rings. The van der Waals surface area contributed by atoms with Gasteiger partial charge in [0.1, 0.15) is 13.2 Å². The van der Waals surface area contributed by atoms with E-state index in [1.54, 1.807) is 0 Å². The molecule has 0 amide bonds. The first kappa shape index (κ1) is 59.6. The molecular formula is C56H102O6. The van der Waals surface area contributed by atoms with Gasteiger partial charge in [-0.2, -0.15) is 0 Å². The Labute approximate surface area is 385 Å². The van der Waals surface area contributed by atoms with E-state index in [9.17, 15) is 14.4 Å². The van der Waals surface area contributed by atoms with Gasteiger partial charge in [0.15, 0.2) is 6.10 Å². The van der Waals surface area contributed by atoms with Gasteiger partial charge in [-0.15, -0.1) is 0 Å². The highest BCUT2D eigenvalue weighted by Crippen LogP contribution is 2.16. The average Bonchev–Trinajstić information content (AvgIpc) is 3.27. The van der Waals surface area contributed by atoms with Crippen molar-refractivity contribution in [1.82, 2.24) is 0 Å². The van der Waals surface area contributed by atoms with Gasteiger partial charge in [-0.05, 0) is 64.2 Å². The first-order chi connectivity index (χ1) is 30.5. The van der Waals surface area contributed by atoms with Crippen molar-refractivity contribution < 1.29 is 28.6 Å². The molecule has 0 aliphatic rings. The van der Waals surface area contributed by atoms with Crippen LogP contribution in [0.1, 0.15) is 284 Å². The SMILES string of the molecule is CCCC/C=C\CCCCCCC(=O)OCC(COC(=O)CCCCCCCCCCCCCCCCCCCCC)OC(=O)CCCCCCCC/C=C\C=C/CCCCC. The van der Waals surface area contributed by atoms with Gasteiger partial charge in [-0.3, -0.25) is 14.4 Å². The zero-order chi connectivity index (χ0) is 45.1. The van der Waals surface area contributed by atoms with E-state index >= 15 is 0 Å². The van der Waals surface area contributed by atoms with Gasteiger partial charge in [-0.1, -0.05) is 237 Å². The van der Waals surface area contributed by atoms with Crippen molar-refractivity contribution in [2.45, 2.75) is 290 Å². The second-order valence-corrected chi connectivity index (χ2v) is 18.2. The maximum absolute atomic E-state index is 12.8. The van der Waals surface area contributed by atoms with Gasteiger partial charge in [0.2, 0.25) is 0 Å². The largest absolute Gasteiger partial charge is 0.462 e. The molecule has 0 aromatic carbocycles. The highest BCUT2D eigenvalue weighted by molar-refractivity contribution is 5.71. The van der Waals surface area contributed by atoms with Crippen molar-refractivity contribution in [2.24, 2.45) is 0 Å². The van der Waals surface area contributed by atoms with E-state index in [-0.39, 0.29) is 31.1 Å². The molecule has 6 heteroatoms. The number of hydrogen-bond donors (Lipinski definition) is 0. The van der Waals surface area contributed by atoms with Crippen LogP contribution in [0, 0.1) is 0 Å². The van der Waals surface area contributed by atoms with Crippen LogP contribution in [0.2, 0.25) is 0 Å². The van der Waals surface area contributed by atoms with Crippen molar-refractivity contribution in [2.75, 3.05) is 13.2 Å². The van der Waals surface area contributed by atoms with E-state index in [1.807, 2.05) is 0 Å². The number of rotatable bonds is 49. The average molecular weight is 871 g/mol. The van der Waals surface area contributed by atoms with Gasteiger partial charge in [-0.25, -0.2) is 0 Å². The van der Waals surface area contributed by atoms with Crippen LogP contribution >= 0.6 is 0 Å². The molecule has 0 rings (SSSR count). The third kappa shape index (κ3) is 48.7. The summed E-state index contributed by atoms with van der Waals surface area (Å²) in [6.07, 6.45) is 59.9. The van der Waals surface area contributed by atoms with Crippen LogP contribution in [0.25, 0.3) is 0 Å². The number of unbranched alkanes of at least 4 members (excludes halogenated alkanes) is 33. The Hall–Kier alpha value is -2.37. The number of allylic oxidation sites excluding steroid dienone is 6. The topological polar surface area (TPSA) is 78.9 Å². The summed E-state index contributed by atoms with van der Waals surface area (Å²) in [7, 11) is 0. The minimum Gasteiger partial charge on any atom is -0.462 e.